The van der Waals surface area contributed by atoms with Crippen LogP contribution in [0.5, 0.6) is 0 Å². The summed E-state index contributed by atoms with van der Waals surface area (Å²) in [4.78, 5) is 13.1. The molecule has 3 nitrogen and oxygen atoms in total. The van der Waals surface area contributed by atoms with E-state index in [0.29, 0.717) is 10.7 Å². The Bertz CT molecular complexity index is 601. The Labute approximate surface area is 127 Å². The van der Waals surface area contributed by atoms with Crippen LogP contribution in [0.25, 0.3) is 0 Å². The smallest absolute Gasteiger partial charge is 0.237 e. The molecule has 2 rings (SSSR count). The molecule has 0 radical (unpaired) electrons. The third-order valence-electron chi connectivity index (χ3n) is 2.66. The van der Waals surface area contributed by atoms with E-state index in [9.17, 15) is 4.79 Å². The highest BCUT2D eigenvalue weighted by atomic mass is 35.5. The Morgan fingerprint density at radius 3 is 2.60 bits per heavy atom. The van der Waals surface area contributed by atoms with Crippen LogP contribution in [-0.2, 0) is 4.79 Å². The first-order valence-electron chi connectivity index (χ1n) is 6.13. The highest BCUT2D eigenvalue weighted by Gasteiger charge is 2.14. The number of halogens is 1. The summed E-state index contributed by atoms with van der Waals surface area (Å²) >= 11 is 7.39. The summed E-state index contributed by atoms with van der Waals surface area (Å²) in [6, 6.07) is 14.5. The SMILES string of the molecule is CC(Sc1cccc(Cl)c1)C(=O)Nc1ccc(N)cc1. The van der Waals surface area contributed by atoms with Gasteiger partial charge < -0.3 is 11.1 Å². The first-order chi connectivity index (χ1) is 9.54. The number of carbonyl (C=O) groups is 1. The van der Waals surface area contributed by atoms with Gasteiger partial charge in [0.25, 0.3) is 0 Å². The van der Waals surface area contributed by atoms with Crippen molar-refractivity contribution in [2.45, 2.75) is 17.1 Å². The van der Waals surface area contributed by atoms with E-state index in [1.807, 2.05) is 31.2 Å². The molecular weight excluding hydrogens is 292 g/mol. The van der Waals surface area contributed by atoms with Crippen molar-refractivity contribution < 1.29 is 4.79 Å². The van der Waals surface area contributed by atoms with Crippen LogP contribution in [0.4, 0.5) is 11.4 Å². The monoisotopic (exact) mass is 306 g/mol. The number of nitrogens with one attached hydrogen (secondary N) is 1. The number of nitrogen functional groups attached to an aromatic ring is 1. The minimum Gasteiger partial charge on any atom is -0.399 e. The van der Waals surface area contributed by atoms with Gasteiger partial charge in [-0.3, -0.25) is 4.79 Å². The van der Waals surface area contributed by atoms with E-state index in [-0.39, 0.29) is 11.2 Å². The van der Waals surface area contributed by atoms with Gasteiger partial charge in [0.15, 0.2) is 0 Å². The summed E-state index contributed by atoms with van der Waals surface area (Å²) < 4.78 is 0. The predicted molar refractivity (Wildman–Crippen MR) is 86.3 cm³/mol. The number of thioether (sulfide) groups is 1. The van der Waals surface area contributed by atoms with Gasteiger partial charge in [-0.25, -0.2) is 0 Å². The lowest BCUT2D eigenvalue weighted by molar-refractivity contribution is -0.115. The van der Waals surface area contributed by atoms with Crippen molar-refractivity contribution in [1.82, 2.24) is 0 Å². The van der Waals surface area contributed by atoms with Gasteiger partial charge in [0.1, 0.15) is 0 Å². The van der Waals surface area contributed by atoms with Gasteiger partial charge >= 0.3 is 0 Å². The molecule has 0 spiro atoms. The molecule has 0 aromatic heterocycles. The second kappa shape index (κ2) is 6.68. The van der Waals surface area contributed by atoms with Crippen molar-refractivity contribution in [3.05, 3.63) is 53.6 Å². The average Bonchev–Trinajstić information content (AvgIpc) is 2.41. The zero-order valence-electron chi connectivity index (χ0n) is 11.0. The molecule has 0 fully saturated rings. The molecule has 1 atom stereocenters. The number of amides is 1. The Morgan fingerprint density at radius 2 is 1.95 bits per heavy atom. The molecular formula is C15H15ClN2OS. The molecule has 1 amide bonds. The largest absolute Gasteiger partial charge is 0.399 e. The maximum absolute atomic E-state index is 12.1. The summed E-state index contributed by atoms with van der Waals surface area (Å²) in [6.45, 7) is 1.86. The predicted octanol–water partition coefficient (Wildman–Crippen LogP) is 4.04. The number of hydrogen-bond acceptors (Lipinski definition) is 3. The molecule has 0 aliphatic rings. The van der Waals surface area contributed by atoms with Gasteiger partial charge in [-0.15, -0.1) is 11.8 Å². The standard InChI is InChI=1S/C15H15ClN2OS/c1-10(20-14-4-2-3-11(16)9-14)15(19)18-13-7-5-12(17)6-8-13/h2-10H,17H2,1H3,(H,18,19). The van der Waals surface area contributed by atoms with Crippen molar-refractivity contribution in [1.29, 1.82) is 0 Å². The van der Waals surface area contributed by atoms with Gasteiger partial charge in [0, 0.05) is 21.3 Å². The summed E-state index contributed by atoms with van der Waals surface area (Å²) in [7, 11) is 0. The molecule has 0 heterocycles. The second-order valence-electron chi connectivity index (χ2n) is 4.33. The zero-order chi connectivity index (χ0) is 14.5. The molecule has 5 heteroatoms. The highest BCUT2D eigenvalue weighted by molar-refractivity contribution is 8.00. The maximum Gasteiger partial charge on any atom is 0.237 e. The van der Waals surface area contributed by atoms with Crippen LogP contribution >= 0.6 is 23.4 Å². The van der Waals surface area contributed by atoms with Crippen LogP contribution < -0.4 is 11.1 Å². The summed E-state index contributed by atoms with van der Waals surface area (Å²) in [5, 5.41) is 3.31. The van der Waals surface area contributed by atoms with Crippen LogP contribution in [0.1, 0.15) is 6.92 Å². The van der Waals surface area contributed by atoms with Gasteiger partial charge in [-0.2, -0.15) is 0 Å². The highest BCUT2D eigenvalue weighted by Crippen LogP contribution is 2.26. The molecule has 20 heavy (non-hydrogen) atoms. The summed E-state index contributed by atoms with van der Waals surface area (Å²) in [5.41, 5.74) is 7.01. The molecule has 0 saturated heterocycles. The average molecular weight is 307 g/mol. The molecule has 1 unspecified atom stereocenters. The zero-order valence-corrected chi connectivity index (χ0v) is 12.5. The van der Waals surface area contributed by atoms with Crippen LogP contribution in [0.2, 0.25) is 5.02 Å². The molecule has 104 valence electrons. The topological polar surface area (TPSA) is 55.1 Å². The van der Waals surface area contributed by atoms with E-state index >= 15 is 0 Å². The second-order valence-corrected chi connectivity index (χ2v) is 6.18. The van der Waals surface area contributed by atoms with Gasteiger partial charge in [-0.05, 0) is 49.4 Å². The lowest BCUT2D eigenvalue weighted by atomic mass is 10.3. The number of benzene rings is 2. The van der Waals surface area contributed by atoms with Crippen LogP contribution in [0.15, 0.2) is 53.4 Å². The number of hydrogen-bond donors (Lipinski definition) is 2. The fourth-order valence-electron chi connectivity index (χ4n) is 1.61. The molecule has 0 saturated carbocycles. The number of anilines is 2. The van der Waals surface area contributed by atoms with E-state index in [1.165, 1.54) is 11.8 Å². The number of nitrogens with two attached hydrogens (primary N) is 1. The summed E-state index contributed by atoms with van der Waals surface area (Å²) in [6.07, 6.45) is 0. The normalized spacial score (nSPS) is 11.9. The Morgan fingerprint density at radius 1 is 1.25 bits per heavy atom. The van der Waals surface area contributed by atoms with Crippen molar-refractivity contribution in [3.63, 3.8) is 0 Å². The van der Waals surface area contributed by atoms with Crippen molar-refractivity contribution in [3.8, 4) is 0 Å². The fourth-order valence-corrected chi connectivity index (χ4v) is 2.79. The van der Waals surface area contributed by atoms with Crippen molar-refractivity contribution in [2.24, 2.45) is 0 Å². The fraction of sp³-hybridized carbons (Fsp3) is 0.133. The van der Waals surface area contributed by atoms with E-state index in [4.69, 9.17) is 17.3 Å². The molecule has 0 bridgehead atoms. The minimum atomic E-state index is -0.217. The lowest BCUT2D eigenvalue weighted by Gasteiger charge is -2.12. The van der Waals surface area contributed by atoms with E-state index < -0.39 is 0 Å². The third kappa shape index (κ3) is 4.18. The number of carbonyl (C=O) groups excluding carboxylic acids is 1. The van der Waals surface area contributed by atoms with E-state index in [0.717, 1.165) is 10.6 Å². The molecule has 2 aromatic carbocycles. The van der Waals surface area contributed by atoms with E-state index in [1.54, 1.807) is 24.3 Å². The summed E-state index contributed by atoms with van der Waals surface area (Å²) in [5.74, 6) is -0.0558. The first kappa shape index (κ1) is 14.8. The Balaban J connectivity index is 1.96. The quantitative estimate of drug-likeness (QED) is 0.662. The van der Waals surface area contributed by atoms with Crippen LogP contribution in [0, 0.1) is 0 Å². The number of rotatable bonds is 4. The van der Waals surface area contributed by atoms with Gasteiger partial charge in [0.2, 0.25) is 5.91 Å². The molecule has 0 aliphatic heterocycles. The molecule has 2 aromatic rings. The molecule has 0 aliphatic carbocycles. The van der Waals surface area contributed by atoms with Crippen LogP contribution in [0.3, 0.4) is 0 Å². The Kier molecular flexibility index (Phi) is 4.93. The molecule has 3 N–H and O–H groups in total. The van der Waals surface area contributed by atoms with Crippen molar-refractivity contribution >= 4 is 40.6 Å². The van der Waals surface area contributed by atoms with Crippen molar-refractivity contribution in [2.75, 3.05) is 11.1 Å². The lowest BCUT2D eigenvalue weighted by Crippen LogP contribution is -2.22. The Hall–Kier alpha value is -1.65. The minimum absolute atomic E-state index is 0.0558. The first-order valence-corrected chi connectivity index (χ1v) is 7.39. The van der Waals surface area contributed by atoms with Gasteiger partial charge in [0.05, 0.1) is 5.25 Å². The third-order valence-corrected chi connectivity index (χ3v) is 3.99. The van der Waals surface area contributed by atoms with Crippen LogP contribution in [-0.4, -0.2) is 11.2 Å². The van der Waals surface area contributed by atoms with Gasteiger partial charge in [-0.1, -0.05) is 17.7 Å². The van der Waals surface area contributed by atoms with E-state index in [2.05, 4.69) is 5.32 Å². The maximum atomic E-state index is 12.1.